The van der Waals surface area contributed by atoms with Crippen LogP contribution in [0, 0.1) is 0 Å². The number of hydrogen-bond acceptors (Lipinski definition) is 5. The molecule has 2 aromatic carbocycles. The second-order valence-electron chi connectivity index (χ2n) is 7.00. The summed E-state index contributed by atoms with van der Waals surface area (Å²) in [5, 5.41) is 4.34. The highest BCUT2D eigenvalue weighted by atomic mass is 35.5. The molecule has 2 aromatic rings. The SMILES string of the molecule is O=C(Nc1ccc(Cl)c(Cl)c1)NN1C(=O)/C(=C\c2ccc(N3CCCC3)cc2)SC1=S. The molecule has 0 aromatic heterocycles. The second-order valence-corrected chi connectivity index (χ2v) is 9.49. The zero-order chi connectivity index (χ0) is 22.0. The van der Waals surface area contributed by atoms with Gasteiger partial charge in [0, 0.05) is 24.5 Å². The molecule has 2 aliphatic heterocycles. The van der Waals surface area contributed by atoms with Gasteiger partial charge in [0.15, 0.2) is 4.32 Å². The first-order chi connectivity index (χ1) is 14.9. The van der Waals surface area contributed by atoms with Gasteiger partial charge in [-0.25, -0.2) is 10.2 Å². The van der Waals surface area contributed by atoms with Crippen LogP contribution in [0.2, 0.25) is 10.0 Å². The number of hydrogen-bond donors (Lipinski definition) is 2. The highest BCUT2D eigenvalue weighted by Gasteiger charge is 2.33. The maximum Gasteiger partial charge on any atom is 0.338 e. The predicted octanol–water partition coefficient (Wildman–Crippen LogP) is 5.53. The molecule has 31 heavy (non-hydrogen) atoms. The lowest BCUT2D eigenvalue weighted by atomic mass is 10.2. The van der Waals surface area contributed by atoms with Gasteiger partial charge in [0.05, 0.1) is 15.0 Å². The van der Waals surface area contributed by atoms with Crippen molar-refractivity contribution in [2.24, 2.45) is 0 Å². The Balaban J connectivity index is 1.40. The number of benzene rings is 2. The van der Waals surface area contributed by atoms with Gasteiger partial charge in [-0.2, -0.15) is 5.01 Å². The zero-order valence-corrected chi connectivity index (χ0v) is 19.4. The van der Waals surface area contributed by atoms with Crippen LogP contribution in [0.5, 0.6) is 0 Å². The summed E-state index contributed by atoms with van der Waals surface area (Å²) in [5.74, 6) is -0.386. The topological polar surface area (TPSA) is 64.7 Å². The Labute approximate surface area is 199 Å². The van der Waals surface area contributed by atoms with E-state index in [1.807, 2.05) is 12.1 Å². The van der Waals surface area contributed by atoms with Crippen molar-refractivity contribution in [1.29, 1.82) is 0 Å². The Morgan fingerprint density at radius 3 is 2.45 bits per heavy atom. The van der Waals surface area contributed by atoms with E-state index < -0.39 is 6.03 Å². The fourth-order valence-electron chi connectivity index (χ4n) is 3.31. The van der Waals surface area contributed by atoms with E-state index in [-0.39, 0.29) is 10.2 Å². The largest absolute Gasteiger partial charge is 0.372 e. The van der Waals surface area contributed by atoms with Crippen molar-refractivity contribution in [3.8, 4) is 0 Å². The van der Waals surface area contributed by atoms with Crippen molar-refractivity contribution in [1.82, 2.24) is 10.4 Å². The highest BCUT2D eigenvalue weighted by molar-refractivity contribution is 8.26. The number of urea groups is 1. The number of nitrogens with zero attached hydrogens (tertiary/aromatic N) is 2. The fourth-order valence-corrected chi connectivity index (χ4v) is 4.78. The summed E-state index contributed by atoms with van der Waals surface area (Å²) in [6, 6.07) is 12.1. The number of halogens is 2. The average molecular weight is 493 g/mol. The minimum absolute atomic E-state index is 0.245. The van der Waals surface area contributed by atoms with Crippen LogP contribution in [0.1, 0.15) is 18.4 Å². The van der Waals surface area contributed by atoms with Crippen LogP contribution in [0.3, 0.4) is 0 Å². The molecule has 0 aliphatic carbocycles. The van der Waals surface area contributed by atoms with Crippen LogP contribution in [-0.2, 0) is 4.79 Å². The van der Waals surface area contributed by atoms with Crippen LogP contribution in [0.25, 0.3) is 6.08 Å². The Morgan fingerprint density at radius 2 is 1.77 bits per heavy atom. The molecule has 0 atom stereocenters. The number of hydrazine groups is 1. The minimum Gasteiger partial charge on any atom is -0.372 e. The summed E-state index contributed by atoms with van der Waals surface area (Å²) in [7, 11) is 0. The van der Waals surface area contributed by atoms with Crippen LogP contribution < -0.4 is 15.6 Å². The number of anilines is 2. The first-order valence-corrected chi connectivity index (χ1v) is 11.5. The minimum atomic E-state index is -0.620. The lowest BCUT2D eigenvalue weighted by Gasteiger charge is -2.17. The molecule has 2 aliphatic rings. The average Bonchev–Trinajstić information content (AvgIpc) is 3.36. The summed E-state index contributed by atoms with van der Waals surface area (Å²) in [6.07, 6.45) is 4.21. The number of thiocarbonyl (C=S) groups is 1. The molecule has 0 spiro atoms. The molecular formula is C21H18Cl2N4O2S2. The molecular weight excluding hydrogens is 475 g/mol. The summed E-state index contributed by atoms with van der Waals surface area (Å²) < 4.78 is 0.245. The maximum atomic E-state index is 12.7. The lowest BCUT2D eigenvalue weighted by molar-refractivity contribution is -0.123. The van der Waals surface area contributed by atoms with E-state index in [2.05, 4.69) is 27.8 Å². The van der Waals surface area contributed by atoms with E-state index in [9.17, 15) is 9.59 Å². The summed E-state index contributed by atoms with van der Waals surface area (Å²) in [4.78, 5) is 27.8. The molecule has 4 rings (SSSR count). The molecule has 0 bridgehead atoms. The molecule has 6 nitrogen and oxygen atoms in total. The Hall–Kier alpha value is -2.26. The number of carbonyl (C=O) groups is 2. The van der Waals surface area contributed by atoms with Crippen molar-refractivity contribution in [2.75, 3.05) is 23.3 Å². The maximum absolute atomic E-state index is 12.7. The Morgan fingerprint density at radius 1 is 1.06 bits per heavy atom. The first kappa shape index (κ1) is 22.0. The van der Waals surface area contributed by atoms with Crippen molar-refractivity contribution in [2.45, 2.75) is 12.8 Å². The summed E-state index contributed by atoms with van der Waals surface area (Å²) in [5.41, 5.74) is 4.98. The first-order valence-electron chi connectivity index (χ1n) is 9.56. The molecule has 0 radical (unpaired) electrons. The van der Waals surface area contributed by atoms with E-state index in [1.165, 1.54) is 24.6 Å². The number of thioether (sulfide) groups is 1. The third kappa shape index (κ3) is 5.15. The van der Waals surface area contributed by atoms with Gasteiger partial charge < -0.3 is 10.2 Å². The molecule has 160 valence electrons. The molecule has 2 fully saturated rings. The number of nitrogens with one attached hydrogen (secondary N) is 2. The van der Waals surface area contributed by atoms with Crippen molar-refractivity contribution in [3.05, 3.63) is 63.0 Å². The van der Waals surface area contributed by atoms with E-state index in [0.717, 1.165) is 35.4 Å². The molecule has 2 N–H and O–H groups in total. The predicted molar refractivity (Wildman–Crippen MR) is 132 cm³/mol. The van der Waals surface area contributed by atoms with Crippen LogP contribution in [0.4, 0.5) is 16.2 Å². The molecule has 10 heteroatoms. The normalized spacial score (nSPS) is 17.5. The molecule has 0 unspecified atom stereocenters. The van der Waals surface area contributed by atoms with Gasteiger partial charge in [-0.15, -0.1) is 0 Å². The standard InChI is InChI=1S/C21H18Cl2N4O2S2/c22-16-8-5-14(12-17(16)23)24-20(29)25-27-19(28)18(31-21(27)30)11-13-3-6-15(7-4-13)26-9-1-2-10-26/h3-8,11-12H,1-2,9-10H2,(H2,24,25,29)/b18-11+. The lowest BCUT2D eigenvalue weighted by Crippen LogP contribution is -2.46. The van der Waals surface area contributed by atoms with Gasteiger partial charge in [0.1, 0.15) is 0 Å². The Bertz CT molecular complexity index is 1070. The third-order valence-corrected chi connectivity index (χ3v) is 6.89. The van der Waals surface area contributed by atoms with Crippen molar-refractivity contribution in [3.63, 3.8) is 0 Å². The van der Waals surface area contributed by atoms with E-state index in [0.29, 0.717) is 20.6 Å². The molecule has 2 saturated heterocycles. The van der Waals surface area contributed by atoms with Crippen molar-refractivity contribution >= 4 is 80.9 Å². The van der Waals surface area contributed by atoms with Crippen LogP contribution >= 0.6 is 47.2 Å². The van der Waals surface area contributed by atoms with Gasteiger partial charge in [0.25, 0.3) is 5.91 Å². The third-order valence-electron chi connectivity index (χ3n) is 4.85. The fraction of sp³-hybridized carbons (Fsp3) is 0.190. The van der Waals surface area contributed by atoms with Gasteiger partial charge in [-0.05, 0) is 67.0 Å². The van der Waals surface area contributed by atoms with E-state index in [1.54, 1.807) is 18.2 Å². The smallest absolute Gasteiger partial charge is 0.338 e. The molecule has 2 heterocycles. The molecule has 0 saturated carbocycles. The van der Waals surface area contributed by atoms with Gasteiger partial charge >= 0.3 is 6.03 Å². The monoisotopic (exact) mass is 492 g/mol. The quantitative estimate of drug-likeness (QED) is 0.433. The van der Waals surface area contributed by atoms with Gasteiger partial charge in [-0.1, -0.05) is 47.1 Å². The number of amides is 3. The summed E-state index contributed by atoms with van der Waals surface area (Å²) >= 11 is 18.2. The Kier molecular flexibility index (Phi) is 6.71. The zero-order valence-electron chi connectivity index (χ0n) is 16.2. The van der Waals surface area contributed by atoms with Gasteiger partial charge in [0.2, 0.25) is 0 Å². The highest BCUT2D eigenvalue weighted by Crippen LogP contribution is 2.32. The van der Waals surface area contributed by atoms with Crippen LogP contribution in [0.15, 0.2) is 47.4 Å². The number of rotatable bonds is 4. The second kappa shape index (κ2) is 9.48. The van der Waals surface area contributed by atoms with Gasteiger partial charge in [-0.3, -0.25) is 4.79 Å². The summed E-state index contributed by atoms with van der Waals surface area (Å²) in [6.45, 7) is 2.15. The molecule has 3 amide bonds. The van der Waals surface area contributed by atoms with E-state index in [4.69, 9.17) is 35.4 Å². The van der Waals surface area contributed by atoms with Crippen LogP contribution in [-0.4, -0.2) is 34.4 Å². The van der Waals surface area contributed by atoms with E-state index >= 15 is 0 Å². The number of carbonyl (C=O) groups excluding carboxylic acids is 2. The van der Waals surface area contributed by atoms with Crippen molar-refractivity contribution < 1.29 is 9.59 Å².